The molecule has 0 saturated heterocycles. The van der Waals surface area contributed by atoms with Crippen molar-refractivity contribution in [2.45, 2.75) is 6.10 Å². The van der Waals surface area contributed by atoms with Crippen LogP contribution >= 0.6 is 11.3 Å². The van der Waals surface area contributed by atoms with Crippen LogP contribution in [0.2, 0.25) is 0 Å². The van der Waals surface area contributed by atoms with Gasteiger partial charge in [0.15, 0.2) is 0 Å². The standard InChI is InChI=1S/C17H14OS/c18-17(16-10-11-19-12-16)15-8-6-14(7-9-15)13-4-2-1-3-5-13/h1-12,17-18H. The van der Waals surface area contributed by atoms with Gasteiger partial charge in [0, 0.05) is 0 Å². The van der Waals surface area contributed by atoms with Crippen LogP contribution in [0.5, 0.6) is 0 Å². The van der Waals surface area contributed by atoms with E-state index in [0.29, 0.717) is 0 Å². The van der Waals surface area contributed by atoms with Gasteiger partial charge in [0.2, 0.25) is 0 Å². The maximum Gasteiger partial charge on any atom is 0.105 e. The summed E-state index contributed by atoms with van der Waals surface area (Å²) < 4.78 is 0. The Kier molecular flexibility index (Phi) is 3.45. The third-order valence-electron chi connectivity index (χ3n) is 3.19. The maximum atomic E-state index is 10.2. The van der Waals surface area contributed by atoms with Crippen LogP contribution in [-0.4, -0.2) is 5.11 Å². The maximum absolute atomic E-state index is 10.2. The molecule has 2 heteroatoms. The molecule has 1 unspecified atom stereocenters. The highest BCUT2D eigenvalue weighted by Crippen LogP contribution is 2.26. The summed E-state index contributed by atoms with van der Waals surface area (Å²) in [6.45, 7) is 0. The van der Waals surface area contributed by atoms with Crippen molar-refractivity contribution in [2.24, 2.45) is 0 Å². The van der Waals surface area contributed by atoms with Gasteiger partial charge in [0.05, 0.1) is 0 Å². The van der Waals surface area contributed by atoms with Crippen molar-refractivity contribution in [2.75, 3.05) is 0 Å². The SMILES string of the molecule is OC(c1ccc(-c2ccccc2)cc1)c1ccsc1. The third-order valence-corrected chi connectivity index (χ3v) is 3.89. The van der Waals surface area contributed by atoms with Gasteiger partial charge in [0.25, 0.3) is 0 Å². The van der Waals surface area contributed by atoms with Gasteiger partial charge in [-0.05, 0) is 39.1 Å². The van der Waals surface area contributed by atoms with Gasteiger partial charge in [-0.15, -0.1) is 0 Å². The van der Waals surface area contributed by atoms with Crippen LogP contribution < -0.4 is 0 Å². The topological polar surface area (TPSA) is 20.2 Å². The van der Waals surface area contributed by atoms with Crippen LogP contribution in [0.15, 0.2) is 71.4 Å². The van der Waals surface area contributed by atoms with Crippen molar-refractivity contribution < 1.29 is 5.11 Å². The van der Waals surface area contributed by atoms with Crippen molar-refractivity contribution in [3.8, 4) is 11.1 Å². The Morgan fingerprint density at radius 2 is 1.42 bits per heavy atom. The minimum absolute atomic E-state index is 0.531. The average Bonchev–Trinajstić information content (AvgIpc) is 3.02. The minimum Gasteiger partial charge on any atom is -0.384 e. The number of aliphatic hydroxyl groups is 1. The molecule has 0 fully saturated rings. The first-order chi connectivity index (χ1) is 9.34. The van der Waals surface area contributed by atoms with E-state index in [1.165, 1.54) is 11.1 Å². The van der Waals surface area contributed by atoms with Gasteiger partial charge in [-0.2, -0.15) is 11.3 Å². The van der Waals surface area contributed by atoms with Crippen molar-refractivity contribution >= 4 is 11.3 Å². The molecule has 0 amide bonds. The molecule has 1 atom stereocenters. The minimum atomic E-state index is -0.531. The molecule has 0 aliphatic carbocycles. The Morgan fingerprint density at radius 1 is 0.737 bits per heavy atom. The van der Waals surface area contributed by atoms with Gasteiger partial charge in [-0.3, -0.25) is 0 Å². The van der Waals surface area contributed by atoms with Crippen LogP contribution in [0.3, 0.4) is 0 Å². The molecule has 1 N–H and O–H groups in total. The van der Waals surface area contributed by atoms with E-state index in [0.717, 1.165) is 11.1 Å². The molecule has 94 valence electrons. The van der Waals surface area contributed by atoms with E-state index < -0.39 is 6.10 Å². The molecule has 2 aromatic carbocycles. The van der Waals surface area contributed by atoms with E-state index in [1.807, 2.05) is 47.2 Å². The zero-order valence-electron chi connectivity index (χ0n) is 10.4. The predicted octanol–water partition coefficient (Wildman–Crippen LogP) is 4.50. The molecule has 0 radical (unpaired) electrons. The molecule has 0 bridgehead atoms. The monoisotopic (exact) mass is 266 g/mol. The van der Waals surface area contributed by atoms with E-state index >= 15 is 0 Å². The molecule has 1 nitrogen and oxygen atoms in total. The zero-order valence-corrected chi connectivity index (χ0v) is 11.2. The van der Waals surface area contributed by atoms with Crippen LogP contribution in [0.25, 0.3) is 11.1 Å². The number of aliphatic hydroxyl groups excluding tert-OH is 1. The van der Waals surface area contributed by atoms with Gasteiger partial charge in [-0.1, -0.05) is 54.6 Å². The second-order valence-electron chi connectivity index (χ2n) is 4.45. The zero-order chi connectivity index (χ0) is 13.1. The molecule has 0 aliphatic heterocycles. The number of rotatable bonds is 3. The Bertz CT molecular complexity index is 627. The van der Waals surface area contributed by atoms with Crippen LogP contribution in [0, 0.1) is 0 Å². The first-order valence-electron chi connectivity index (χ1n) is 6.20. The van der Waals surface area contributed by atoms with Crippen molar-refractivity contribution in [1.82, 2.24) is 0 Å². The van der Waals surface area contributed by atoms with Gasteiger partial charge in [0.1, 0.15) is 6.10 Å². The number of hydrogen-bond donors (Lipinski definition) is 1. The highest BCUT2D eigenvalue weighted by atomic mass is 32.1. The molecule has 19 heavy (non-hydrogen) atoms. The van der Waals surface area contributed by atoms with E-state index in [9.17, 15) is 5.11 Å². The molecule has 0 aliphatic rings. The average molecular weight is 266 g/mol. The summed E-state index contributed by atoms with van der Waals surface area (Å²) >= 11 is 1.60. The second-order valence-corrected chi connectivity index (χ2v) is 5.23. The normalized spacial score (nSPS) is 12.3. The highest BCUT2D eigenvalue weighted by Gasteiger charge is 2.10. The molecule has 1 heterocycles. The fourth-order valence-electron chi connectivity index (χ4n) is 2.11. The third kappa shape index (κ3) is 2.60. The summed E-state index contributed by atoms with van der Waals surface area (Å²) in [6.07, 6.45) is -0.531. The van der Waals surface area contributed by atoms with Crippen molar-refractivity contribution in [3.05, 3.63) is 82.6 Å². The molecule has 3 rings (SSSR count). The molecular weight excluding hydrogens is 252 g/mol. The van der Waals surface area contributed by atoms with Gasteiger partial charge in [-0.25, -0.2) is 0 Å². The predicted molar refractivity (Wildman–Crippen MR) is 80.3 cm³/mol. The quantitative estimate of drug-likeness (QED) is 0.740. The van der Waals surface area contributed by atoms with Crippen LogP contribution in [0.1, 0.15) is 17.2 Å². The lowest BCUT2D eigenvalue weighted by Gasteiger charge is -2.10. The number of benzene rings is 2. The van der Waals surface area contributed by atoms with Gasteiger partial charge < -0.3 is 5.11 Å². The lowest BCUT2D eigenvalue weighted by atomic mass is 10.00. The second kappa shape index (κ2) is 5.39. The Balaban J connectivity index is 1.87. The fraction of sp³-hybridized carbons (Fsp3) is 0.0588. The molecule has 0 spiro atoms. The summed E-state index contributed by atoms with van der Waals surface area (Å²) in [5.41, 5.74) is 4.25. The van der Waals surface area contributed by atoms with E-state index in [4.69, 9.17) is 0 Å². The number of thiophene rings is 1. The van der Waals surface area contributed by atoms with Gasteiger partial charge >= 0.3 is 0 Å². The largest absolute Gasteiger partial charge is 0.384 e. The Labute approximate surface area is 116 Å². The van der Waals surface area contributed by atoms with Crippen LogP contribution in [0.4, 0.5) is 0 Å². The first-order valence-corrected chi connectivity index (χ1v) is 7.14. The van der Waals surface area contributed by atoms with E-state index in [-0.39, 0.29) is 0 Å². The highest BCUT2D eigenvalue weighted by molar-refractivity contribution is 7.07. The molecule has 0 saturated carbocycles. The van der Waals surface area contributed by atoms with Crippen molar-refractivity contribution in [1.29, 1.82) is 0 Å². The lowest BCUT2D eigenvalue weighted by Crippen LogP contribution is -1.97. The summed E-state index contributed by atoms with van der Waals surface area (Å²) in [4.78, 5) is 0. The Hall–Kier alpha value is -1.90. The fourth-order valence-corrected chi connectivity index (χ4v) is 2.79. The lowest BCUT2D eigenvalue weighted by molar-refractivity contribution is 0.221. The summed E-state index contributed by atoms with van der Waals surface area (Å²) in [5, 5.41) is 14.2. The smallest absolute Gasteiger partial charge is 0.105 e. The van der Waals surface area contributed by atoms with E-state index in [2.05, 4.69) is 24.3 Å². The molecule has 1 aromatic heterocycles. The molecular formula is C17H14OS. The summed E-state index contributed by atoms with van der Waals surface area (Å²) in [7, 11) is 0. The Morgan fingerprint density at radius 3 is 2.05 bits per heavy atom. The summed E-state index contributed by atoms with van der Waals surface area (Å²) in [5.74, 6) is 0. The number of hydrogen-bond acceptors (Lipinski definition) is 2. The van der Waals surface area contributed by atoms with Crippen molar-refractivity contribution in [3.63, 3.8) is 0 Å². The molecule has 3 aromatic rings. The first kappa shape index (κ1) is 12.2. The van der Waals surface area contributed by atoms with Crippen LogP contribution in [-0.2, 0) is 0 Å². The summed E-state index contributed by atoms with van der Waals surface area (Å²) in [6, 6.07) is 20.3. The van der Waals surface area contributed by atoms with E-state index in [1.54, 1.807) is 11.3 Å².